The fourth-order valence-corrected chi connectivity index (χ4v) is 3.56. The first-order valence-electron chi connectivity index (χ1n) is 8.93. The molecule has 9 heteroatoms. The van der Waals surface area contributed by atoms with Gasteiger partial charge in [-0.25, -0.2) is 4.68 Å². The highest BCUT2D eigenvalue weighted by Crippen LogP contribution is 2.32. The molecule has 1 aromatic carbocycles. The van der Waals surface area contributed by atoms with Crippen molar-refractivity contribution in [3.63, 3.8) is 0 Å². The standard InChI is InChI=1S/C18H23N5O3.ClH/c1-12-17(18(24)22-6-5-13(11-22)10-19-2)20-21-23(12)14-3-4-15-16(9-14)26-8-7-25-15;/h3-4,9,13,19H,5-8,10-11H2,1-2H3;1H. The summed E-state index contributed by atoms with van der Waals surface area (Å²) in [6.07, 6.45) is 1.02. The van der Waals surface area contributed by atoms with Gasteiger partial charge in [0.1, 0.15) is 13.2 Å². The van der Waals surface area contributed by atoms with Crippen LogP contribution in [0.1, 0.15) is 22.6 Å². The van der Waals surface area contributed by atoms with E-state index < -0.39 is 0 Å². The molecule has 0 radical (unpaired) electrons. The molecule has 1 fully saturated rings. The van der Waals surface area contributed by atoms with E-state index in [2.05, 4.69) is 15.6 Å². The highest BCUT2D eigenvalue weighted by molar-refractivity contribution is 5.93. The number of amides is 1. The lowest BCUT2D eigenvalue weighted by atomic mass is 10.1. The van der Waals surface area contributed by atoms with Crippen molar-refractivity contribution in [2.24, 2.45) is 5.92 Å². The van der Waals surface area contributed by atoms with Crippen LogP contribution in [-0.2, 0) is 0 Å². The van der Waals surface area contributed by atoms with Gasteiger partial charge in [-0.05, 0) is 45.0 Å². The quantitative estimate of drug-likeness (QED) is 0.846. The van der Waals surface area contributed by atoms with Gasteiger partial charge in [0.2, 0.25) is 0 Å². The molecule has 2 aromatic rings. The molecule has 1 amide bonds. The third-order valence-electron chi connectivity index (χ3n) is 4.93. The van der Waals surface area contributed by atoms with Gasteiger partial charge >= 0.3 is 0 Å². The van der Waals surface area contributed by atoms with Crippen LogP contribution in [0.3, 0.4) is 0 Å². The molecular formula is C18H24ClN5O3. The molecular weight excluding hydrogens is 370 g/mol. The van der Waals surface area contributed by atoms with E-state index in [0.717, 1.165) is 43.2 Å². The number of hydrogen-bond donors (Lipinski definition) is 1. The molecule has 0 saturated carbocycles. The molecule has 1 saturated heterocycles. The zero-order valence-corrected chi connectivity index (χ0v) is 16.3. The maximum Gasteiger partial charge on any atom is 0.276 e. The van der Waals surface area contributed by atoms with Crippen LogP contribution in [0, 0.1) is 12.8 Å². The zero-order chi connectivity index (χ0) is 18.1. The van der Waals surface area contributed by atoms with E-state index >= 15 is 0 Å². The van der Waals surface area contributed by atoms with Crippen LogP contribution >= 0.6 is 12.4 Å². The molecule has 2 aliphatic heterocycles. The molecule has 2 aliphatic rings. The van der Waals surface area contributed by atoms with Crippen LogP contribution in [-0.4, -0.2) is 65.7 Å². The minimum atomic E-state index is -0.0510. The molecule has 3 heterocycles. The summed E-state index contributed by atoms with van der Waals surface area (Å²) >= 11 is 0. The Morgan fingerprint density at radius 2 is 2.07 bits per heavy atom. The van der Waals surface area contributed by atoms with Gasteiger partial charge in [-0.1, -0.05) is 5.21 Å². The normalized spacial score (nSPS) is 18.3. The van der Waals surface area contributed by atoms with Crippen molar-refractivity contribution in [2.75, 3.05) is 39.9 Å². The summed E-state index contributed by atoms with van der Waals surface area (Å²) in [6, 6.07) is 5.61. The summed E-state index contributed by atoms with van der Waals surface area (Å²) in [5, 5.41) is 11.5. The topological polar surface area (TPSA) is 81.5 Å². The summed E-state index contributed by atoms with van der Waals surface area (Å²) in [5.74, 6) is 1.86. The Kier molecular flexibility index (Phi) is 5.86. The van der Waals surface area contributed by atoms with Crippen molar-refractivity contribution < 1.29 is 14.3 Å². The Hall–Kier alpha value is -2.32. The summed E-state index contributed by atoms with van der Waals surface area (Å²) < 4.78 is 12.9. The van der Waals surface area contributed by atoms with Gasteiger partial charge in [0.15, 0.2) is 17.2 Å². The van der Waals surface area contributed by atoms with Crippen molar-refractivity contribution in [3.05, 3.63) is 29.6 Å². The molecule has 1 aromatic heterocycles. The number of benzene rings is 1. The van der Waals surface area contributed by atoms with E-state index in [-0.39, 0.29) is 18.3 Å². The summed E-state index contributed by atoms with van der Waals surface area (Å²) in [4.78, 5) is 14.7. The van der Waals surface area contributed by atoms with Crippen LogP contribution in [0.25, 0.3) is 5.69 Å². The fourth-order valence-electron chi connectivity index (χ4n) is 3.56. The molecule has 146 valence electrons. The van der Waals surface area contributed by atoms with Crippen LogP contribution in [0.2, 0.25) is 0 Å². The average Bonchev–Trinajstić information content (AvgIpc) is 3.28. The first-order valence-corrected chi connectivity index (χ1v) is 8.93. The molecule has 1 N–H and O–H groups in total. The van der Waals surface area contributed by atoms with Crippen LogP contribution < -0.4 is 14.8 Å². The van der Waals surface area contributed by atoms with E-state index in [1.54, 1.807) is 4.68 Å². The first-order chi connectivity index (χ1) is 12.7. The number of carbonyl (C=O) groups excluding carboxylic acids is 1. The fraction of sp³-hybridized carbons (Fsp3) is 0.500. The minimum absolute atomic E-state index is 0. The number of nitrogens with zero attached hydrogens (tertiary/aromatic N) is 4. The summed E-state index contributed by atoms with van der Waals surface area (Å²) in [5.41, 5.74) is 1.93. The second-order valence-electron chi connectivity index (χ2n) is 6.73. The lowest BCUT2D eigenvalue weighted by molar-refractivity contribution is 0.0780. The molecule has 8 nitrogen and oxygen atoms in total. The number of rotatable bonds is 4. The molecule has 0 spiro atoms. The van der Waals surface area contributed by atoms with Crippen molar-refractivity contribution in [1.29, 1.82) is 0 Å². The maximum absolute atomic E-state index is 12.8. The number of ether oxygens (including phenoxy) is 2. The minimum Gasteiger partial charge on any atom is -0.486 e. The van der Waals surface area contributed by atoms with Gasteiger partial charge in [-0.2, -0.15) is 0 Å². The first kappa shape index (κ1) is 19.4. The number of aromatic nitrogens is 3. The third kappa shape index (κ3) is 3.72. The van der Waals surface area contributed by atoms with Gasteiger partial charge in [-0.15, -0.1) is 17.5 Å². The van der Waals surface area contributed by atoms with E-state index in [4.69, 9.17) is 9.47 Å². The number of halogens is 1. The second kappa shape index (κ2) is 8.14. The third-order valence-corrected chi connectivity index (χ3v) is 4.93. The number of likely N-dealkylation sites (tertiary alicyclic amines) is 1. The molecule has 0 aliphatic carbocycles. The van der Waals surface area contributed by atoms with Crippen LogP contribution in [0.15, 0.2) is 18.2 Å². The highest BCUT2D eigenvalue weighted by Gasteiger charge is 2.29. The average molecular weight is 394 g/mol. The van der Waals surface area contributed by atoms with Gasteiger partial charge in [0.25, 0.3) is 5.91 Å². The zero-order valence-electron chi connectivity index (χ0n) is 15.5. The van der Waals surface area contributed by atoms with Gasteiger partial charge in [0.05, 0.1) is 11.4 Å². The molecule has 1 unspecified atom stereocenters. The molecule has 0 bridgehead atoms. The highest BCUT2D eigenvalue weighted by atomic mass is 35.5. The number of fused-ring (bicyclic) bond motifs is 1. The molecule has 4 rings (SSSR count). The molecule has 27 heavy (non-hydrogen) atoms. The van der Waals surface area contributed by atoms with Crippen molar-refractivity contribution in [3.8, 4) is 17.2 Å². The Bertz CT molecular complexity index is 825. The van der Waals surface area contributed by atoms with Gasteiger partial charge < -0.3 is 19.7 Å². The number of nitrogens with one attached hydrogen (secondary N) is 1. The maximum atomic E-state index is 12.8. The Morgan fingerprint density at radius 1 is 1.30 bits per heavy atom. The Morgan fingerprint density at radius 3 is 2.85 bits per heavy atom. The monoisotopic (exact) mass is 393 g/mol. The smallest absolute Gasteiger partial charge is 0.276 e. The van der Waals surface area contributed by atoms with Crippen molar-refractivity contribution >= 4 is 18.3 Å². The van der Waals surface area contributed by atoms with Gasteiger partial charge in [-0.3, -0.25) is 4.79 Å². The largest absolute Gasteiger partial charge is 0.486 e. The molecule has 1 atom stereocenters. The lowest BCUT2D eigenvalue weighted by Gasteiger charge is -2.19. The Balaban J connectivity index is 0.00000210. The lowest BCUT2D eigenvalue weighted by Crippen LogP contribution is -2.31. The number of hydrogen-bond acceptors (Lipinski definition) is 6. The summed E-state index contributed by atoms with van der Waals surface area (Å²) in [7, 11) is 1.94. The van der Waals surface area contributed by atoms with Crippen LogP contribution in [0.5, 0.6) is 11.5 Å². The van der Waals surface area contributed by atoms with E-state index in [1.807, 2.05) is 37.1 Å². The Labute approximate surface area is 164 Å². The number of carbonyl (C=O) groups is 1. The predicted molar refractivity (Wildman–Crippen MR) is 102 cm³/mol. The summed E-state index contributed by atoms with van der Waals surface area (Å²) in [6.45, 7) is 5.40. The van der Waals surface area contributed by atoms with Gasteiger partial charge in [0, 0.05) is 19.2 Å². The second-order valence-corrected chi connectivity index (χ2v) is 6.73. The van der Waals surface area contributed by atoms with E-state index in [9.17, 15) is 4.79 Å². The van der Waals surface area contributed by atoms with Crippen LogP contribution in [0.4, 0.5) is 0 Å². The van der Waals surface area contributed by atoms with Crippen molar-refractivity contribution in [1.82, 2.24) is 25.2 Å². The SMILES string of the molecule is CNCC1CCN(C(=O)c2nnn(-c3ccc4c(c3)OCCO4)c2C)C1.Cl. The van der Waals surface area contributed by atoms with Crippen molar-refractivity contribution in [2.45, 2.75) is 13.3 Å². The van der Waals surface area contributed by atoms with E-state index in [0.29, 0.717) is 30.6 Å². The predicted octanol–water partition coefficient (Wildman–Crippen LogP) is 1.45. The van der Waals surface area contributed by atoms with E-state index in [1.165, 1.54) is 0 Å².